The molecule has 0 saturated heterocycles. The van der Waals surface area contributed by atoms with Gasteiger partial charge < -0.3 is 16.2 Å². The number of aliphatic carboxylic acids is 1. The summed E-state index contributed by atoms with van der Waals surface area (Å²) in [6, 6.07) is -1.12. The number of aryl methyl sites for hydroxylation is 1. The van der Waals surface area contributed by atoms with Crippen molar-refractivity contribution in [2.75, 3.05) is 0 Å². The number of amides is 2. The lowest BCUT2D eigenvalue weighted by molar-refractivity contribution is -0.142. The molecule has 0 fully saturated rings. The maximum atomic E-state index is 11.5. The minimum absolute atomic E-state index is 0.0280. The van der Waals surface area contributed by atoms with Crippen LogP contribution in [-0.2, 0) is 20.9 Å². The highest BCUT2D eigenvalue weighted by Crippen LogP contribution is 1.98. The van der Waals surface area contributed by atoms with Gasteiger partial charge in [0.1, 0.15) is 18.7 Å². The molecule has 4 N–H and O–H groups in total. The molecule has 1 unspecified atom stereocenters. The third kappa shape index (κ3) is 5.61. The van der Waals surface area contributed by atoms with Crippen LogP contribution in [0.25, 0.3) is 0 Å². The Kier molecular flexibility index (Phi) is 5.45. The molecule has 0 aliphatic heterocycles. The van der Waals surface area contributed by atoms with Gasteiger partial charge in [0, 0.05) is 12.8 Å². The Morgan fingerprint density at radius 1 is 1.37 bits per heavy atom. The summed E-state index contributed by atoms with van der Waals surface area (Å²) < 4.78 is 1.46. The van der Waals surface area contributed by atoms with Crippen LogP contribution in [0.15, 0.2) is 12.7 Å². The van der Waals surface area contributed by atoms with Gasteiger partial charge in [-0.2, -0.15) is 5.10 Å². The van der Waals surface area contributed by atoms with Gasteiger partial charge in [0.05, 0.1) is 6.54 Å². The van der Waals surface area contributed by atoms with E-state index >= 15 is 0 Å². The highest BCUT2D eigenvalue weighted by molar-refractivity contribution is 5.84. The molecule has 0 saturated carbocycles. The fourth-order valence-electron chi connectivity index (χ4n) is 1.37. The van der Waals surface area contributed by atoms with Crippen molar-refractivity contribution in [3.63, 3.8) is 0 Å². The molecular weight excluding hydrogens is 254 g/mol. The molecule has 0 radical (unpaired) electrons. The number of hydrogen-bond donors (Lipinski definition) is 3. The second-order valence-electron chi connectivity index (χ2n) is 3.87. The smallest absolute Gasteiger partial charge is 0.326 e. The van der Waals surface area contributed by atoms with Gasteiger partial charge in [0.2, 0.25) is 11.8 Å². The van der Waals surface area contributed by atoms with Gasteiger partial charge in [-0.1, -0.05) is 0 Å². The van der Waals surface area contributed by atoms with E-state index in [1.165, 1.54) is 17.3 Å². The van der Waals surface area contributed by atoms with Gasteiger partial charge in [0.15, 0.2) is 0 Å². The summed E-state index contributed by atoms with van der Waals surface area (Å²) in [5, 5.41) is 15.0. The number of carbonyl (C=O) groups excluding carboxylic acids is 2. The molecule has 0 aromatic carbocycles. The fraction of sp³-hybridized carbons (Fsp3) is 0.500. The predicted molar refractivity (Wildman–Crippen MR) is 62.6 cm³/mol. The minimum atomic E-state index is -1.20. The molecule has 2 amide bonds. The van der Waals surface area contributed by atoms with Gasteiger partial charge in [0.25, 0.3) is 0 Å². The van der Waals surface area contributed by atoms with Gasteiger partial charge in [-0.05, 0) is 6.42 Å². The first-order valence-electron chi connectivity index (χ1n) is 5.62. The summed E-state index contributed by atoms with van der Waals surface area (Å²) in [6.45, 7) is 0.300. The van der Waals surface area contributed by atoms with E-state index < -0.39 is 23.8 Å². The SMILES string of the molecule is NC(=O)CCC(NC(=O)CCn1cncn1)C(=O)O. The summed E-state index contributed by atoms with van der Waals surface area (Å²) in [6.07, 6.45) is 2.74. The zero-order chi connectivity index (χ0) is 14.3. The van der Waals surface area contributed by atoms with Gasteiger partial charge in [-0.15, -0.1) is 0 Å². The Morgan fingerprint density at radius 3 is 2.63 bits per heavy atom. The largest absolute Gasteiger partial charge is 0.480 e. The van der Waals surface area contributed by atoms with Crippen LogP contribution in [0.1, 0.15) is 19.3 Å². The van der Waals surface area contributed by atoms with Crippen molar-refractivity contribution in [2.45, 2.75) is 31.8 Å². The molecule has 1 aromatic heterocycles. The van der Waals surface area contributed by atoms with E-state index in [4.69, 9.17) is 10.8 Å². The quantitative estimate of drug-likeness (QED) is 0.524. The van der Waals surface area contributed by atoms with E-state index in [-0.39, 0.29) is 19.3 Å². The number of primary amides is 1. The molecule has 1 rings (SSSR count). The summed E-state index contributed by atoms with van der Waals surface area (Å²) >= 11 is 0. The van der Waals surface area contributed by atoms with Crippen LogP contribution in [0.4, 0.5) is 0 Å². The van der Waals surface area contributed by atoms with Crippen molar-refractivity contribution in [2.24, 2.45) is 5.73 Å². The van der Waals surface area contributed by atoms with Crippen LogP contribution < -0.4 is 11.1 Å². The summed E-state index contributed by atoms with van der Waals surface area (Å²) in [5.74, 6) is -2.24. The molecule has 9 heteroatoms. The lowest BCUT2D eigenvalue weighted by Crippen LogP contribution is -2.41. The molecule has 19 heavy (non-hydrogen) atoms. The van der Waals surface area contributed by atoms with Crippen molar-refractivity contribution in [3.8, 4) is 0 Å². The third-order valence-electron chi connectivity index (χ3n) is 2.35. The molecular formula is C10H15N5O4. The molecule has 1 atom stereocenters. The average molecular weight is 269 g/mol. The summed E-state index contributed by atoms with van der Waals surface area (Å²) in [5.41, 5.74) is 4.93. The molecule has 0 bridgehead atoms. The number of nitrogens with one attached hydrogen (secondary N) is 1. The Bertz CT molecular complexity index is 445. The van der Waals surface area contributed by atoms with Crippen molar-refractivity contribution < 1.29 is 19.5 Å². The Labute approximate surface area is 108 Å². The summed E-state index contributed by atoms with van der Waals surface area (Å²) in [7, 11) is 0. The average Bonchev–Trinajstić information content (AvgIpc) is 2.84. The Morgan fingerprint density at radius 2 is 2.11 bits per heavy atom. The number of carbonyl (C=O) groups is 3. The van der Waals surface area contributed by atoms with Gasteiger partial charge in [-0.3, -0.25) is 14.3 Å². The van der Waals surface area contributed by atoms with Crippen molar-refractivity contribution in [3.05, 3.63) is 12.7 Å². The van der Waals surface area contributed by atoms with E-state index in [2.05, 4.69) is 15.4 Å². The number of hydrogen-bond acceptors (Lipinski definition) is 5. The normalized spacial score (nSPS) is 11.8. The van der Waals surface area contributed by atoms with Crippen molar-refractivity contribution in [1.29, 1.82) is 0 Å². The minimum Gasteiger partial charge on any atom is -0.480 e. The van der Waals surface area contributed by atoms with Crippen LogP contribution in [0.2, 0.25) is 0 Å². The number of nitrogens with zero attached hydrogens (tertiary/aromatic N) is 3. The lowest BCUT2D eigenvalue weighted by atomic mass is 10.1. The van der Waals surface area contributed by atoms with Gasteiger partial charge in [-0.25, -0.2) is 9.78 Å². The zero-order valence-electron chi connectivity index (χ0n) is 10.2. The highest BCUT2D eigenvalue weighted by atomic mass is 16.4. The van der Waals surface area contributed by atoms with E-state index in [9.17, 15) is 14.4 Å². The lowest BCUT2D eigenvalue weighted by Gasteiger charge is -2.13. The van der Waals surface area contributed by atoms with Crippen LogP contribution >= 0.6 is 0 Å². The molecule has 1 aromatic rings. The number of carboxylic acids is 1. The van der Waals surface area contributed by atoms with Crippen LogP contribution in [0.3, 0.4) is 0 Å². The summed E-state index contributed by atoms with van der Waals surface area (Å²) in [4.78, 5) is 36.7. The molecule has 0 aliphatic carbocycles. The predicted octanol–water partition coefficient (Wildman–Crippen LogP) is -1.50. The molecule has 0 aliphatic rings. The first kappa shape index (κ1) is 14.6. The number of aromatic nitrogens is 3. The maximum Gasteiger partial charge on any atom is 0.326 e. The monoisotopic (exact) mass is 269 g/mol. The van der Waals surface area contributed by atoms with Crippen LogP contribution in [-0.4, -0.2) is 43.7 Å². The second kappa shape index (κ2) is 7.09. The van der Waals surface area contributed by atoms with E-state index in [1.54, 1.807) is 0 Å². The molecule has 0 spiro atoms. The van der Waals surface area contributed by atoms with Crippen molar-refractivity contribution >= 4 is 17.8 Å². The molecule has 1 heterocycles. The number of nitrogens with two attached hydrogens (primary N) is 1. The number of rotatable bonds is 8. The first-order valence-corrected chi connectivity index (χ1v) is 5.62. The zero-order valence-corrected chi connectivity index (χ0v) is 10.2. The van der Waals surface area contributed by atoms with E-state index in [0.717, 1.165) is 0 Å². The number of carboxylic acid groups (broad SMARTS) is 1. The molecule has 104 valence electrons. The standard InChI is InChI=1S/C10H15N5O4/c11-8(16)2-1-7(10(18)19)14-9(17)3-4-15-6-12-5-13-15/h5-7H,1-4H2,(H2,11,16)(H,14,17)(H,18,19). The topological polar surface area (TPSA) is 140 Å². The fourth-order valence-corrected chi connectivity index (χ4v) is 1.37. The van der Waals surface area contributed by atoms with E-state index in [0.29, 0.717) is 6.54 Å². The van der Waals surface area contributed by atoms with Crippen LogP contribution in [0.5, 0.6) is 0 Å². The first-order chi connectivity index (χ1) is 8.99. The van der Waals surface area contributed by atoms with E-state index in [1.807, 2.05) is 0 Å². The Balaban J connectivity index is 2.38. The Hall–Kier alpha value is -2.45. The van der Waals surface area contributed by atoms with Crippen LogP contribution in [0, 0.1) is 0 Å². The van der Waals surface area contributed by atoms with Crippen molar-refractivity contribution in [1.82, 2.24) is 20.1 Å². The molecule has 9 nitrogen and oxygen atoms in total. The highest BCUT2D eigenvalue weighted by Gasteiger charge is 2.20. The van der Waals surface area contributed by atoms with Gasteiger partial charge >= 0.3 is 5.97 Å². The third-order valence-corrected chi connectivity index (χ3v) is 2.35. The second-order valence-corrected chi connectivity index (χ2v) is 3.87. The maximum absolute atomic E-state index is 11.5.